The highest BCUT2D eigenvalue weighted by Crippen LogP contribution is 2.31. The van der Waals surface area contributed by atoms with Crippen molar-refractivity contribution >= 4 is 22.6 Å². The minimum Gasteiger partial charge on any atom is -0.506 e. The van der Waals surface area contributed by atoms with Gasteiger partial charge in [0.15, 0.2) is 21.7 Å². The van der Waals surface area contributed by atoms with Crippen LogP contribution in [0.3, 0.4) is 0 Å². The van der Waals surface area contributed by atoms with E-state index >= 15 is 0 Å². The third kappa shape index (κ3) is 2.06. The lowest BCUT2D eigenvalue weighted by Crippen LogP contribution is -2.39. The second-order valence-corrected chi connectivity index (χ2v) is 3.63. The Balaban J connectivity index is 2.72. The van der Waals surface area contributed by atoms with Crippen molar-refractivity contribution in [2.24, 2.45) is 0 Å². The fourth-order valence-corrected chi connectivity index (χ4v) is 1.74. The Labute approximate surface area is 89.1 Å². The molecule has 0 aromatic heterocycles. The molecule has 0 spiro atoms. The molecular weight excluding hydrogens is 291 g/mol. The second-order valence-electron chi connectivity index (χ2n) is 2.65. The van der Waals surface area contributed by atoms with Gasteiger partial charge in [0.1, 0.15) is 6.10 Å². The SMILES string of the molecule is COC1C(O)=C(I)O[C@H]1[C@H](O)CO. The first-order valence-electron chi connectivity index (χ1n) is 3.68. The van der Waals surface area contributed by atoms with Gasteiger partial charge in [-0.25, -0.2) is 0 Å². The lowest BCUT2D eigenvalue weighted by molar-refractivity contribution is -0.0706. The zero-order chi connectivity index (χ0) is 10.0. The van der Waals surface area contributed by atoms with Gasteiger partial charge in [-0.15, -0.1) is 0 Å². The summed E-state index contributed by atoms with van der Waals surface area (Å²) in [6.45, 7) is -0.429. The molecule has 5 nitrogen and oxygen atoms in total. The molecule has 0 saturated heterocycles. The van der Waals surface area contributed by atoms with Crippen LogP contribution in [0.25, 0.3) is 0 Å². The van der Waals surface area contributed by atoms with Gasteiger partial charge in [-0.1, -0.05) is 0 Å². The van der Waals surface area contributed by atoms with Crippen LogP contribution in [-0.2, 0) is 9.47 Å². The maximum atomic E-state index is 9.40. The molecule has 1 unspecified atom stereocenters. The van der Waals surface area contributed by atoms with Crippen LogP contribution in [0, 0.1) is 0 Å². The van der Waals surface area contributed by atoms with Crippen LogP contribution in [0.15, 0.2) is 9.53 Å². The molecule has 6 heteroatoms. The number of hydrogen-bond acceptors (Lipinski definition) is 5. The first-order valence-corrected chi connectivity index (χ1v) is 4.76. The number of hydrogen-bond donors (Lipinski definition) is 3. The monoisotopic (exact) mass is 302 g/mol. The normalized spacial score (nSPS) is 30.5. The van der Waals surface area contributed by atoms with E-state index in [-0.39, 0.29) is 5.76 Å². The van der Waals surface area contributed by atoms with E-state index in [9.17, 15) is 10.2 Å². The Hall–Kier alpha value is -0.0500. The largest absolute Gasteiger partial charge is 0.506 e. The van der Waals surface area contributed by atoms with E-state index in [1.807, 2.05) is 0 Å². The molecular formula is C7H11IO5. The Bertz CT molecular complexity index is 217. The first-order chi connectivity index (χ1) is 6.11. The summed E-state index contributed by atoms with van der Waals surface area (Å²) in [6.07, 6.45) is -2.49. The lowest BCUT2D eigenvalue weighted by atomic mass is 10.1. The molecule has 1 rings (SSSR count). The topological polar surface area (TPSA) is 79.2 Å². The molecule has 0 radical (unpaired) electrons. The van der Waals surface area contributed by atoms with Crippen molar-refractivity contribution in [1.29, 1.82) is 0 Å². The quantitative estimate of drug-likeness (QED) is 0.635. The Morgan fingerprint density at radius 3 is 2.77 bits per heavy atom. The van der Waals surface area contributed by atoms with Crippen LogP contribution in [0.4, 0.5) is 0 Å². The average molecular weight is 302 g/mol. The fourth-order valence-electron chi connectivity index (χ4n) is 1.14. The highest BCUT2D eigenvalue weighted by atomic mass is 127. The minimum atomic E-state index is -1.06. The average Bonchev–Trinajstić information content (AvgIpc) is 2.42. The van der Waals surface area contributed by atoms with Crippen LogP contribution < -0.4 is 0 Å². The highest BCUT2D eigenvalue weighted by molar-refractivity contribution is 14.1. The number of rotatable bonds is 3. The van der Waals surface area contributed by atoms with Crippen molar-refractivity contribution in [3.8, 4) is 0 Å². The summed E-state index contributed by atoms with van der Waals surface area (Å²) < 4.78 is 10.3. The Morgan fingerprint density at radius 1 is 1.69 bits per heavy atom. The van der Waals surface area contributed by atoms with Crippen molar-refractivity contribution < 1.29 is 24.8 Å². The van der Waals surface area contributed by atoms with E-state index in [2.05, 4.69) is 0 Å². The van der Waals surface area contributed by atoms with Crippen LogP contribution >= 0.6 is 22.6 Å². The van der Waals surface area contributed by atoms with Gasteiger partial charge in [0.2, 0.25) is 0 Å². The molecule has 0 aromatic carbocycles. The summed E-state index contributed by atoms with van der Waals surface area (Å²) in [6, 6.07) is 0. The molecule has 76 valence electrons. The summed E-state index contributed by atoms with van der Waals surface area (Å²) >= 11 is 1.80. The van der Waals surface area contributed by atoms with Crippen LogP contribution in [0.2, 0.25) is 0 Å². The van der Waals surface area contributed by atoms with Crippen LogP contribution in [0.5, 0.6) is 0 Å². The third-order valence-corrected chi connectivity index (χ3v) is 2.64. The summed E-state index contributed by atoms with van der Waals surface area (Å²) in [7, 11) is 1.40. The molecule has 13 heavy (non-hydrogen) atoms. The zero-order valence-corrected chi connectivity index (χ0v) is 9.13. The molecule has 0 bridgehead atoms. The predicted molar refractivity (Wildman–Crippen MR) is 52.4 cm³/mol. The Morgan fingerprint density at radius 2 is 2.31 bits per heavy atom. The molecule has 0 fully saturated rings. The van der Waals surface area contributed by atoms with E-state index in [4.69, 9.17) is 14.6 Å². The van der Waals surface area contributed by atoms with E-state index < -0.39 is 24.9 Å². The molecule has 1 aliphatic heterocycles. The van der Waals surface area contributed by atoms with Crippen molar-refractivity contribution in [3.63, 3.8) is 0 Å². The molecule has 0 saturated carbocycles. The summed E-state index contributed by atoms with van der Waals surface area (Å²) in [5, 5.41) is 27.4. The number of methoxy groups -OCH3 is 1. The van der Waals surface area contributed by atoms with E-state index in [1.54, 1.807) is 22.6 Å². The standard InChI is InChI=1S/C7H11IO5/c1-12-6-4(11)7(8)13-5(6)3(10)2-9/h3,5-6,9-11H,2H2,1H3/t3-,5+,6?/m1/s1. The minimum absolute atomic E-state index is 0.0411. The number of aliphatic hydroxyl groups is 3. The van der Waals surface area contributed by atoms with Crippen LogP contribution in [0.1, 0.15) is 0 Å². The first kappa shape index (κ1) is 11.0. The van der Waals surface area contributed by atoms with Gasteiger partial charge in [0.05, 0.1) is 6.61 Å². The summed E-state index contributed by atoms with van der Waals surface area (Å²) in [4.78, 5) is 0. The zero-order valence-electron chi connectivity index (χ0n) is 6.98. The molecule has 1 heterocycles. The van der Waals surface area contributed by atoms with E-state index in [1.165, 1.54) is 7.11 Å². The van der Waals surface area contributed by atoms with Crippen molar-refractivity contribution in [1.82, 2.24) is 0 Å². The molecule has 0 amide bonds. The van der Waals surface area contributed by atoms with Crippen LogP contribution in [-0.4, -0.2) is 47.3 Å². The van der Waals surface area contributed by atoms with Gasteiger partial charge in [0, 0.05) is 29.7 Å². The lowest BCUT2D eigenvalue weighted by Gasteiger charge is -2.21. The predicted octanol–water partition coefficient (Wildman–Crippen LogP) is -0.0845. The third-order valence-electron chi connectivity index (χ3n) is 1.83. The molecule has 1 aliphatic rings. The van der Waals surface area contributed by atoms with E-state index in [0.29, 0.717) is 3.77 Å². The molecule has 0 aromatic rings. The maximum Gasteiger partial charge on any atom is 0.197 e. The van der Waals surface area contributed by atoms with Gasteiger partial charge < -0.3 is 24.8 Å². The number of halogens is 1. The molecule has 3 atom stereocenters. The molecule has 3 N–H and O–H groups in total. The fraction of sp³-hybridized carbons (Fsp3) is 0.714. The second kappa shape index (κ2) is 4.45. The smallest absolute Gasteiger partial charge is 0.197 e. The highest BCUT2D eigenvalue weighted by Gasteiger charge is 2.40. The van der Waals surface area contributed by atoms with Crippen molar-refractivity contribution in [2.45, 2.75) is 18.3 Å². The van der Waals surface area contributed by atoms with Gasteiger partial charge in [0.25, 0.3) is 0 Å². The van der Waals surface area contributed by atoms with E-state index in [0.717, 1.165) is 0 Å². The Kier molecular flexibility index (Phi) is 3.77. The maximum absolute atomic E-state index is 9.40. The van der Waals surface area contributed by atoms with Crippen molar-refractivity contribution in [3.05, 3.63) is 9.53 Å². The molecule has 0 aliphatic carbocycles. The summed E-state index contributed by atoms with van der Waals surface area (Å²) in [5.41, 5.74) is 0. The van der Waals surface area contributed by atoms with Gasteiger partial charge in [-0.2, -0.15) is 0 Å². The van der Waals surface area contributed by atoms with Gasteiger partial charge in [-0.05, 0) is 0 Å². The van der Waals surface area contributed by atoms with Gasteiger partial charge >= 0.3 is 0 Å². The summed E-state index contributed by atoms with van der Waals surface area (Å²) in [5.74, 6) is -0.0411. The van der Waals surface area contributed by atoms with Crippen molar-refractivity contribution in [2.75, 3.05) is 13.7 Å². The number of aliphatic hydroxyl groups excluding tert-OH is 3. The van der Waals surface area contributed by atoms with Gasteiger partial charge in [-0.3, -0.25) is 0 Å². The number of ether oxygens (including phenoxy) is 2.